The predicted molar refractivity (Wildman–Crippen MR) is 77.6 cm³/mol. The molecule has 1 aromatic heterocycles. The number of hydrogen-bond acceptors (Lipinski definition) is 2. The van der Waals surface area contributed by atoms with Crippen molar-refractivity contribution in [2.24, 2.45) is 0 Å². The van der Waals surface area contributed by atoms with Crippen molar-refractivity contribution in [2.45, 2.75) is 33.2 Å². The first-order valence-electron chi connectivity index (χ1n) is 5.70. The van der Waals surface area contributed by atoms with Crippen LogP contribution in [0.25, 0.3) is 10.9 Å². The van der Waals surface area contributed by atoms with Crippen LogP contribution in [0.15, 0.2) is 28.7 Å². The smallest absolute Gasteiger partial charge is 0.127 e. The molecule has 0 atom stereocenters. The number of pyridine rings is 1. The third-order valence-electron chi connectivity index (χ3n) is 2.48. The summed E-state index contributed by atoms with van der Waals surface area (Å²) in [6, 6.07) is 8.27. The van der Waals surface area contributed by atoms with E-state index in [1.54, 1.807) is 0 Å². The van der Waals surface area contributed by atoms with Crippen molar-refractivity contribution in [3.05, 3.63) is 34.3 Å². The summed E-state index contributed by atoms with van der Waals surface area (Å²) in [4.78, 5) is 4.63. The maximum Gasteiger partial charge on any atom is 0.127 e. The summed E-state index contributed by atoms with van der Waals surface area (Å²) in [6.07, 6.45) is 0. The Hall–Kier alpha value is -1.09. The van der Waals surface area contributed by atoms with Crippen LogP contribution in [-0.2, 0) is 0 Å². The van der Waals surface area contributed by atoms with Gasteiger partial charge in [0.1, 0.15) is 5.82 Å². The van der Waals surface area contributed by atoms with E-state index in [2.05, 4.69) is 66.1 Å². The monoisotopic (exact) mass is 292 g/mol. The molecule has 0 saturated heterocycles. The number of benzene rings is 1. The number of aromatic nitrogens is 1. The summed E-state index contributed by atoms with van der Waals surface area (Å²) < 4.78 is 1.09. The number of aryl methyl sites for hydroxylation is 1. The number of nitrogens with one attached hydrogen (secondary N) is 1. The van der Waals surface area contributed by atoms with Crippen molar-refractivity contribution < 1.29 is 0 Å². The highest BCUT2D eigenvalue weighted by molar-refractivity contribution is 9.10. The summed E-state index contributed by atoms with van der Waals surface area (Å²) in [5, 5.41) is 4.60. The normalized spacial score (nSPS) is 11.8. The molecule has 0 radical (unpaired) electrons. The fourth-order valence-electron chi connectivity index (χ4n) is 1.81. The van der Waals surface area contributed by atoms with Crippen LogP contribution in [0.3, 0.4) is 0 Å². The molecule has 3 heteroatoms. The van der Waals surface area contributed by atoms with Crippen LogP contribution >= 0.6 is 15.9 Å². The lowest BCUT2D eigenvalue weighted by Gasteiger charge is -2.22. The van der Waals surface area contributed by atoms with Gasteiger partial charge in [-0.1, -0.05) is 15.9 Å². The van der Waals surface area contributed by atoms with E-state index >= 15 is 0 Å². The minimum absolute atomic E-state index is 0.0302. The maximum atomic E-state index is 4.63. The van der Waals surface area contributed by atoms with Gasteiger partial charge in [0.25, 0.3) is 0 Å². The van der Waals surface area contributed by atoms with E-state index in [9.17, 15) is 0 Å². The van der Waals surface area contributed by atoms with Crippen LogP contribution in [0, 0.1) is 6.92 Å². The molecule has 1 N–H and O–H groups in total. The molecular formula is C14H17BrN2. The largest absolute Gasteiger partial charge is 0.365 e. The number of rotatable bonds is 1. The van der Waals surface area contributed by atoms with Crippen LogP contribution in [0.5, 0.6) is 0 Å². The second kappa shape index (κ2) is 4.30. The molecule has 0 fully saturated rings. The van der Waals surface area contributed by atoms with Crippen LogP contribution in [0.4, 0.5) is 5.82 Å². The third-order valence-corrected chi connectivity index (χ3v) is 2.97. The van der Waals surface area contributed by atoms with Crippen molar-refractivity contribution in [3.8, 4) is 0 Å². The van der Waals surface area contributed by atoms with Gasteiger partial charge in [0.05, 0.1) is 5.52 Å². The lowest BCUT2D eigenvalue weighted by Crippen LogP contribution is -2.26. The number of anilines is 1. The van der Waals surface area contributed by atoms with E-state index in [4.69, 9.17) is 0 Å². The Labute approximate surface area is 111 Å². The number of nitrogens with zero attached hydrogens (tertiary/aromatic N) is 1. The Bertz CT molecular complexity index is 556. The Morgan fingerprint density at radius 3 is 2.53 bits per heavy atom. The lowest BCUT2D eigenvalue weighted by molar-refractivity contribution is 0.631. The van der Waals surface area contributed by atoms with Crippen LogP contribution in [0.2, 0.25) is 0 Å². The highest BCUT2D eigenvalue weighted by Gasteiger charge is 2.11. The van der Waals surface area contributed by atoms with Crippen molar-refractivity contribution in [1.29, 1.82) is 0 Å². The highest BCUT2D eigenvalue weighted by atomic mass is 79.9. The lowest BCUT2D eigenvalue weighted by atomic mass is 10.1. The van der Waals surface area contributed by atoms with Gasteiger partial charge in [0, 0.05) is 15.4 Å². The Morgan fingerprint density at radius 1 is 1.18 bits per heavy atom. The van der Waals surface area contributed by atoms with Crippen molar-refractivity contribution in [1.82, 2.24) is 4.98 Å². The minimum atomic E-state index is 0.0302. The van der Waals surface area contributed by atoms with Gasteiger partial charge in [-0.25, -0.2) is 4.98 Å². The molecule has 1 aromatic carbocycles. The van der Waals surface area contributed by atoms with Crippen LogP contribution in [0.1, 0.15) is 26.3 Å². The van der Waals surface area contributed by atoms with Gasteiger partial charge >= 0.3 is 0 Å². The van der Waals surface area contributed by atoms with Gasteiger partial charge in [-0.3, -0.25) is 0 Å². The summed E-state index contributed by atoms with van der Waals surface area (Å²) in [7, 11) is 0. The molecule has 0 unspecified atom stereocenters. The van der Waals surface area contributed by atoms with Crippen molar-refractivity contribution in [3.63, 3.8) is 0 Å². The first-order valence-corrected chi connectivity index (χ1v) is 6.49. The van der Waals surface area contributed by atoms with Gasteiger partial charge in [-0.2, -0.15) is 0 Å². The molecule has 2 rings (SSSR count). The molecule has 0 aliphatic heterocycles. The molecule has 0 spiro atoms. The molecule has 2 aromatic rings. The summed E-state index contributed by atoms with van der Waals surface area (Å²) in [6.45, 7) is 8.52. The van der Waals surface area contributed by atoms with Gasteiger partial charge in [0.2, 0.25) is 0 Å². The van der Waals surface area contributed by atoms with Gasteiger partial charge in [0.15, 0.2) is 0 Å². The van der Waals surface area contributed by atoms with Crippen molar-refractivity contribution in [2.75, 3.05) is 5.32 Å². The Morgan fingerprint density at radius 2 is 1.88 bits per heavy atom. The number of halogens is 1. The maximum absolute atomic E-state index is 4.63. The second-order valence-electron chi connectivity index (χ2n) is 5.36. The SMILES string of the molecule is Cc1cc(NC(C)(C)C)nc2ccc(Br)cc12. The fourth-order valence-corrected chi connectivity index (χ4v) is 2.18. The molecule has 1 heterocycles. The molecule has 2 nitrogen and oxygen atoms in total. The first-order chi connectivity index (χ1) is 7.85. The Kier molecular flexibility index (Phi) is 3.13. The van der Waals surface area contributed by atoms with Gasteiger partial charge in [-0.15, -0.1) is 0 Å². The van der Waals surface area contributed by atoms with E-state index < -0.39 is 0 Å². The minimum Gasteiger partial charge on any atom is -0.365 e. The average Bonchev–Trinajstić information content (AvgIpc) is 2.17. The molecular weight excluding hydrogens is 276 g/mol. The van der Waals surface area contributed by atoms with Crippen LogP contribution < -0.4 is 5.32 Å². The number of fused-ring (bicyclic) bond motifs is 1. The standard InChI is InChI=1S/C14H17BrN2/c1-9-7-13(17-14(2,3)4)16-12-6-5-10(15)8-11(9)12/h5-8H,1-4H3,(H,16,17). The molecule has 0 bridgehead atoms. The molecule has 90 valence electrons. The zero-order valence-electron chi connectivity index (χ0n) is 10.6. The van der Waals surface area contributed by atoms with E-state index in [0.717, 1.165) is 15.8 Å². The van der Waals surface area contributed by atoms with Gasteiger partial charge < -0.3 is 5.32 Å². The predicted octanol–water partition coefficient (Wildman–Crippen LogP) is 4.52. The molecule has 0 aliphatic carbocycles. The molecule has 0 aliphatic rings. The second-order valence-corrected chi connectivity index (χ2v) is 6.28. The molecule has 17 heavy (non-hydrogen) atoms. The van der Waals surface area contributed by atoms with E-state index in [1.165, 1.54) is 10.9 Å². The van der Waals surface area contributed by atoms with Gasteiger partial charge in [-0.05, 0) is 57.5 Å². The van der Waals surface area contributed by atoms with Crippen molar-refractivity contribution >= 4 is 32.7 Å². The Balaban J connectivity index is 2.52. The zero-order valence-corrected chi connectivity index (χ0v) is 12.2. The van der Waals surface area contributed by atoms with Crippen LogP contribution in [-0.4, -0.2) is 10.5 Å². The van der Waals surface area contributed by atoms with E-state index in [-0.39, 0.29) is 5.54 Å². The summed E-state index contributed by atoms with van der Waals surface area (Å²) >= 11 is 3.49. The van der Waals surface area contributed by atoms with E-state index in [0.29, 0.717) is 0 Å². The quantitative estimate of drug-likeness (QED) is 0.836. The average molecular weight is 293 g/mol. The summed E-state index contributed by atoms with van der Waals surface area (Å²) in [5.41, 5.74) is 2.30. The first kappa shape index (κ1) is 12.4. The number of hydrogen-bond donors (Lipinski definition) is 1. The van der Waals surface area contributed by atoms with E-state index in [1.807, 2.05) is 12.1 Å². The topological polar surface area (TPSA) is 24.9 Å². The third kappa shape index (κ3) is 2.97. The zero-order chi connectivity index (χ0) is 12.6. The molecule has 0 amide bonds. The fraction of sp³-hybridized carbons (Fsp3) is 0.357. The molecule has 0 saturated carbocycles. The summed E-state index contributed by atoms with van der Waals surface area (Å²) in [5.74, 6) is 0.935. The highest BCUT2D eigenvalue weighted by Crippen LogP contribution is 2.24.